The maximum atomic E-state index is 5.51. The number of rotatable bonds is 11. The lowest BCUT2D eigenvalue weighted by molar-refractivity contribution is 0.0780. The Morgan fingerprint density at radius 2 is 1.62 bits per heavy atom. The minimum absolute atomic E-state index is 0.328. The minimum atomic E-state index is 0.328. The van der Waals surface area contributed by atoms with Crippen LogP contribution in [-0.4, -0.2) is 39.0 Å². The number of hydrogen-bond acceptors (Lipinski definition) is 3. The third kappa shape index (κ3) is 13.9. The molecule has 0 fully saturated rings. The summed E-state index contributed by atoms with van der Waals surface area (Å²) in [5.74, 6) is 0.787. The Balaban J connectivity index is 2.93. The van der Waals surface area contributed by atoms with Crippen molar-refractivity contribution in [2.75, 3.05) is 32.9 Å². The fourth-order valence-electron chi connectivity index (χ4n) is 1.33. The molecule has 16 heavy (non-hydrogen) atoms. The molecule has 3 heteroatoms. The van der Waals surface area contributed by atoms with Crippen molar-refractivity contribution in [1.82, 2.24) is 5.32 Å². The van der Waals surface area contributed by atoms with Crippen molar-refractivity contribution < 1.29 is 9.47 Å². The van der Waals surface area contributed by atoms with Crippen LogP contribution in [0.5, 0.6) is 0 Å². The van der Waals surface area contributed by atoms with Gasteiger partial charge in [0, 0.05) is 19.7 Å². The lowest BCUT2D eigenvalue weighted by Gasteiger charge is -2.09. The van der Waals surface area contributed by atoms with Gasteiger partial charge in [0.05, 0.1) is 19.3 Å². The molecule has 0 unspecified atom stereocenters. The zero-order valence-corrected chi connectivity index (χ0v) is 11.4. The van der Waals surface area contributed by atoms with Crippen molar-refractivity contribution in [3.8, 4) is 0 Å². The SMILES string of the molecule is CC(C)CCCOCCNCCOC(C)C. The summed E-state index contributed by atoms with van der Waals surface area (Å²) < 4.78 is 10.9. The molecule has 0 radical (unpaired) electrons. The Labute approximate surface area is 101 Å². The summed E-state index contributed by atoms with van der Waals surface area (Å²) in [6.07, 6.45) is 2.76. The van der Waals surface area contributed by atoms with Crippen molar-refractivity contribution in [2.24, 2.45) is 5.92 Å². The van der Waals surface area contributed by atoms with Crippen LogP contribution in [0.15, 0.2) is 0 Å². The molecule has 0 saturated carbocycles. The van der Waals surface area contributed by atoms with Gasteiger partial charge >= 0.3 is 0 Å². The van der Waals surface area contributed by atoms with E-state index < -0.39 is 0 Å². The Hall–Kier alpha value is -0.120. The van der Waals surface area contributed by atoms with E-state index in [0.29, 0.717) is 6.10 Å². The highest BCUT2D eigenvalue weighted by Gasteiger charge is 1.95. The zero-order valence-electron chi connectivity index (χ0n) is 11.4. The van der Waals surface area contributed by atoms with Gasteiger partial charge in [-0.1, -0.05) is 13.8 Å². The summed E-state index contributed by atoms with van der Waals surface area (Å²) in [6, 6.07) is 0. The summed E-state index contributed by atoms with van der Waals surface area (Å²) in [7, 11) is 0. The second-order valence-electron chi connectivity index (χ2n) is 4.82. The molecule has 98 valence electrons. The van der Waals surface area contributed by atoms with Crippen LogP contribution in [0.25, 0.3) is 0 Å². The maximum absolute atomic E-state index is 5.51. The van der Waals surface area contributed by atoms with Gasteiger partial charge in [0.15, 0.2) is 0 Å². The second kappa shape index (κ2) is 11.4. The van der Waals surface area contributed by atoms with E-state index in [1.807, 2.05) is 0 Å². The predicted octanol–water partition coefficient (Wildman–Crippen LogP) is 2.45. The molecular formula is C13H29NO2. The molecular weight excluding hydrogens is 202 g/mol. The van der Waals surface area contributed by atoms with Crippen molar-refractivity contribution in [1.29, 1.82) is 0 Å². The van der Waals surface area contributed by atoms with E-state index in [0.717, 1.165) is 38.8 Å². The zero-order chi connectivity index (χ0) is 12.2. The molecule has 0 rings (SSSR count). The highest BCUT2D eigenvalue weighted by atomic mass is 16.5. The van der Waals surface area contributed by atoms with E-state index in [1.54, 1.807) is 0 Å². The summed E-state index contributed by atoms with van der Waals surface area (Å²) >= 11 is 0. The molecule has 0 aliphatic rings. The molecule has 0 aliphatic heterocycles. The fourth-order valence-corrected chi connectivity index (χ4v) is 1.33. The van der Waals surface area contributed by atoms with Gasteiger partial charge < -0.3 is 14.8 Å². The second-order valence-corrected chi connectivity index (χ2v) is 4.82. The Morgan fingerprint density at radius 3 is 2.25 bits per heavy atom. The van der Waals surface area contributed by atoms with Crippen molar-refractivity contribution in [3.05, 3.63) is 0 Å². The minimum Gasteiger partial charge on any atom is -0.380 e. The van der Waals surface area contributed by atoms with E-state index in [-0.39, 0.29) is 0 Å². The Kier molecular flexibility index (Phi) is 11.3. The summed E-state index contributed by atoms with van der Waals surface area (Å²) in [6.45, 7) is 12.9. The van der Waals surface area contributed by atoms with Crippen LogP contribution in [0, 0.1) is 5.92 Å². The molecule has 0 atom stereocenters. The topological polar surface area (TPSA) is 30.5 Å². The van der Waals surface area contributed by atoms with Gasteiger partial charge in [-0.05, 0) is 32.6 Å². The number of nitrogens with one attached hydrogen (secondary N) is 1. The highest BCUT2D eigenvalue weighted by Crippen LogP contribution is 2.02. The molecule has 0 saturated heterocycles. The molecule has 0 heterocycles. The first-order valence-corrected chi connectivity index (χ1v) is 6.53. The smallest absolute Gasteiger partial charge is 0.0594 e. The summed E-state index contributed by atoms with van der Waals surface area (Å²) in [5, 5.41) is 3.29. The van der Waals surface area contributed by atoms with Gasteiger partial charge in [-0.25, -0.2) is 0 Å². The third-order valence-corrected chi connectivity index (χ3v) is 2.22. The summed E-state index contributed by atoms with van der Waals surface area (Å²) in [5.41, 5.74) is 0. The number of hydrogen-bond donors (Lipinski definition) is 1. The lowest BCUT2D eigenvalue weighted by Crippen LogP contribution is -2.25. The Morgan fingerprint density at radius 1 is 0.938 bits per heavy atom. The van der Waals surface area contributed by atoms with Crippen molar-refractivity contribution >= 4 is 0 Å². The molecule has 0 aromatic carbocycles. The molecule has 0 spiro atoms. The van der Waals surface area contributed by atoms with Gasteiger partial charge in [-0.2, -0.15) is 0 Å². The van der Waals surface area contributed by atoms with Crippen LogP contribution < -0.4 is 5.32 Å². The molecule has 0 amide bonds. The quantitative estimate of drug-likeness (QED) is 0.554. The van der Waals surface area contributed by atoms with Gasteiger partial charge in [0.2, 0.25) is 0 Å². The van der Waals surface area contributed by atoms with Crippen LogP contribution in [0.3, 0.4) is 0 Å². The van der Waals surface area contributed by atoms with Gasteiger partial charge in [0.25, 0.3) is 0 Å². The normalized spacial score (nSPS) is 11.6. The van der Waals surface area contributed by atoms with Crippen molar-refractivity contribution in [3.63, 3.8) is 0 Å². The van der Waals surface area contributed by atoms with E-state index in [1.165, 1.54) is 12.8 Å². The van der Waals surface area contributed by atoms with Crippen molar-refractivity contribution in [2.45, 2.75) is 46.6 Å². The standard InChI is InChI=1S/C13H29NO2/c1-12(2)6-5-9-15-10-7-14-8-11-16-13(3)4/h12-14H,5-11H2,1-4H3. The van der Waals surface area contributed by atoms with Crippen LogP contribution in [0.2, 0.25) is 0 Å². The van der Waals surface area contributed by atoms with E-state index >= 15 is 0 Å². The maximum Gasteiger partial charge on any atom is 0.0594 e. The molecule has 3 nitrogen and oxygen atoms in total. The molecule has 0 aromatic rings. The third-order valence-electron chi connectivity index (χ3n) is 2.22. The monoisotopic (exact) mass is 231 g/mol. The number of ether oxygens (including phenoxy) is 2. The fraction of sp³-hybridized carbons (Fsp3) is 1.00. The van der Waals surface area contributed by atoms with Crippen LogP contribution in [0.4, 0.5) is 0 Å². The first-order chi connectivity index (χ1) is 7.63. The highest BCUT2D eigenvalue weighted by molar-refractivity contribution is 4.48. The Bertz CT molecular complexity index is 122. The van der Waals surface area contributed by atoms with E-state index in [2.05, 4.69) is 33.0 Å². The molecule has 0 bridgehead atoms. The first kappa shape index (κ1) is 15.9. The largest absolute Gasteiger partial charge is 0.380 e. The average Bonchev–Trinajstić information content (AvgIpc) is 2.20. The van der Waals surface area contributed by atoms with Crippen LogP contribution in [0.1, 0.15) is 40.5 Å². The molecule has 1 N–H and O–H groups in total. The van der Waals surface area contributed by atoms with Gasteiger partial charge in [0.1, 0.15) is 0 Å². The molecule has 0 aliphatic carbocycles. The predicted molar refractivity (Wildman–Crippen MR) is 68.8 cm³/mol. The average molecular weight is 231 g/mol. The summed E-state index contributed by atoms with van der Waals surface area (Å²) in [4.78, 5) is 0. The molecule has 0 aromatic heterocycles. The van der Waals surface area contributed by atoms with Crippen LogP contribution >= 0.6 is 0 Å². The van der Waals surface area contributed by atoms with E-state index in [4.69, 9.17) is 9.47 Å². The van der Waals surface area contributed by atoms with Gasteiger partial charge in [-0.3, -0.25) is 0 Å². The van der Waals surface area contributed by atoms with E-state index in [9.17, 15) is 0 Å². The lowest BCUT2D eigenvalue weighted by atomic mass is 10.1. The van der Waals surface area contributed by atoms with Gasteiger partial charge in [-0.15, -0.1) is 0 Å². The van der Waals surface area contributed by atoms with Crippen LogP contribution in [-0.2, 0) is 9.47 Å². The first-order valence-electron chi connectivity index (χ1n) is 6.53.